The molecule has 2 aromatic rings. The van der Waals surface area contributed by atoms with E-state index in [4.69, 9.17) is 0 Å². The molecule has 4 fully saturated rings. The molecule has 0 aromatic heterocycles. The zero-order valence-electron chi connectivity index (χ0n) is 19.9. The maximum Gasteiger partial charge on any atom is 0.246 e. The third kappa shape index (κ3) is 3.97. The van der Waals surface area contributed by atoms with Crippen molar-refractivity contribution >= 4 is 11.8 Å². The van der Waals surface area contributed by atoms with E-state index in [9.17, 15) is 9.59 Å². The average Bonchev–Trinajstić information content (AvgIpc) is 3.10. The van der Waals surface area contributed by atoms with Gasteiger partial charge in [0.05, 0.1) is 5.92 Å². The number of likely N-dealkylation sites (tertiary alicyclic amines) is 1. The van der Waals surface area contributed by atoms with Crippen LogP contribution in [0.25, 0.3) is 0 Å². The van der Waals surface area contributed by atoms with Gasteiger partial charge >= 0.3 is 0 Å². The molecule has 6 rings (SSSR count). The number of nitrogens with one attached hydrogen (secondary N) is 2. The van der Waals surface area contributed by atoms with Gasteiger partial charge in [0, 0.05) is 31.6 Å². The first kappa shape index (κ1) is 22.1. The summed E-state index contributed by atoms with van der Waals surface area (Å²) in [6.45, 7) is 8.75. The van der Waals surface area contributed by atoms with Gasteiger partial charge in [-0.05, 0) is 42.7 Å². The number of carbonyl (C=O) groups is 2. The Morgan fingerprint density at radius 2 is 1.85 bits per heavy atom. The van der Waals surface area contributed by atoms with Crippen LogP contribution in [0.3, 0.4) is 0 Å². The highest BCUT2D eigenvalue weighted by molar-refractivity contribution is 5.96. The molecule has 2 aromatic carbocycles. The summed E-state index contributed by atoms with van der Waals surface area (Å²) in [6, 6.07) is 18.8. The molecule has 174 valence electrons. The van der Waals surface area contributed by atoms with Crippen LogP contribution in [-0.4, -0.2) is 34.8 Å². The van der Waals surface area contributed by atoms with E-state index in [1.165, 1.54) is 11.1 Å². The second-order valence-corrected chi connectivity index (χ2v) is 10.8. The summed E-state index contributed by atoms with van der Waals surface area (Å²) >= 11 is 0. The molecule has 5 unspecified atom stereocenters. The minimum absolute atomic E-state index is 0.0111. The molecule has 1 aliphatic carbocycles. The fraction of sp³-hybridized carbons (Fsp3) is 0.500. The molecule has 3 heterocycles. The van der Waals surface area contributed by atoms with E-state index in [-0.39, 0.29) is 35.6 Å². The average molecular weight is 446 g/mol. The van der Waals surface area contributed by atoms with Gasteiger partial charge in [-0.25, -0.2) is 0 Å². The molecule has 0 radical (unpaired) electrons. The van der Waals surface area contributed by atoms with E-state index >= 15 is 0 Å². The second kappa shape index (κ2) is 8.60. The number of rotatable bonds is 7. The van der Waals surface area contributed by atoms with Crippen LogP contribution < -0.4 is 10.6 Å². The molecule has 0 spiro atoms. The number of hydrogen-bond acceptors (Lipinski definition) is 3. The Morgan fingerprint density at radius 3 is 2.55 bits per heavy atom. The monoisotopic (exact) mass is 445 g/mol. The van der Waals surface area contributed by atoms with Crippen LogP contribution in [0.5, 0.6) is 0 Å². The highest BCUT2D eigenvalue weighted by Crippen LogP contribution is 2.54. The van der Waals surface area contributed by atoms with E-state index in [1.807, 2.05) is 30.3 Å². The van der Waals surface area contributed by atoms with E-state index in [0.717, 1.165) is 31.5 Å². The van der Waals surface area contributed by atoms with E-state index in [2.05, 4.69) is 60.6 Å². The highest BCUT2D eigenvalue weighted by Gasteiger charge is 2.67. The van der Waals surface area contributed by atoms with Gasteiger partial charge in [0.15, 0.2) is 0 Å². The van der Waals surface area contributed by atoms with Crippen LogP contribution in [-0.2, 0) is 22.7 Å². The number of carbonyl (C=O) groups excluding carboxylic acids is 2. The zero-order chi connectivity index (χ0) is 23.2. The fourth-order valence-electron chi connectivity index (χ4n) is 6.61. The molecule has 3 aliphatic heterocycles. The number of nitrogens with zero attached hydrogens (tertiary/aromatic N) is 1. The number of benzene rings is 2. The fourth-order valence-corrected chi connectivity index (χ4v) is 6.61. The lowest BCUT2D eigenvalue weighted by molar-refractivity contribution is -0.155. The Kier molecular flexibility index (Phi) is 5.77. The molecular formula is C28H35N3O2. The van der Waals surface area contributed by atoms with Crippen LogP contribution in [0.2, 0.25) is 0 Å². The Balaban J connectivity index is 1.43. The quantitative estimate of drug-likeness (QED) is 0.684. The Bertz CT molecular complexity index is 1020. The molecule has 2 amide bonds. The van der Waals surface area contributed by atoms with Crippen molar-refractivity contribution in [3.05, 3.63) is 71.3 Å². The minimum Gasteiger partial charge on any atom is -0.350 e. The Hall–Kier alpha value is -2.66. The van der Waals surface area contributed by atoms with Gasteiger partial charge in [-0.2, -0.15) is 0 Å². The zero-order valence-corrected chi connectivity index (χ0v) is 19.9. The van der Waals surface area contributed by atoms with Crippen molar-refractivity contribution in [3.63, 3.8) is 0 Å². The molecule has 4 bridgehead atoms. The minimum atomic E-state index is -0.817. The molecule has 4 aliphatic rings. The van der Waals surface area contributed by atoms with Crippen molar-refractivity contribution in [3.8, 4) is 0 Å². The molecular weight excluding hydrogens is 410 g/mol. The van der Waals surface area contributed by atoms with E-state index in [1.54, 1.807) is 0 Å². The van der Waals surface area contributed by atoms with Gasteiger partial charge in [-0.1, -0.05) is 74.0 Å². The third-order valence-electron chi connectivity index (χ3n) is 7.98. The molecule has 5 heteroatoms. The van der Waals surface area contributed by atoms with Crippen LogP contribution >= 0.6 is 0 Å². The smallest absolute Gasteiger partial charge is 0.246 e. The summed E-state index contributed by atoms with van der Waals surface area (Å²) in [5, 5.41) is 6.41. The predicted molar refractivity (Wildman–Crippen MR) is 129 cm³/mol. The first-order chi connectivity index (χ1) is 15.9. The Labute approximate surface area is 196 Å². The summed E-state index contributed by atoms with van der Waals surface area (Å²) in [5.74, 6) is 0.835. The van der Waals surface area contributed by atoms with Crippen molar-refractivity contribution < 1.29 is 9.59 Å². The standard InChI is InChI=1S/C28H35N3O2/c1-18(2)13-23-25-24-22(17-31(25)16-21-11-9-19(3)10-12-21)14-28(23,30-26(24)32)27(33)29-15-20-7-5-4-6-8-20/h4-12,18,22-25H,13-17H2,1-3H3,(H,29,33)(H,30,32). The summed E-state index contributed by atoms with van der Waals surface area (Å²) in [4.78, 5) is 29.5. The predicted octanol–water partition coefficient (Wildman–Crippen LogP) is 3.66. The molecule has 2 N–H and O–H groups in total. The molecule has 33 heavy (non-hydrogen) atoms. The maximum atomic E-state index is 13.8. The van der Waals surface area contributed by atoms with E-state index < -0.39 is 5.54 Å². The van der Waals surface area contributed by atoms with Gasteiger partial charge in [0.2, 0.25) is 11.8 Å². The lowest BCUT2D eigenvalue weighted by atomic mass is 9.57. The van der Waals surface area contributed by atoms with Gasteiger partial charge in [-0.3, -0.25) is 14.5 Å². The van der Waals surface area contributed by atoms with Crippen molar-refractivity contribution in [1.29, 1.82) is 0 Å². The number of aryl methyl sites for hydroxylation is 1. The summed E-state index contributed by atoms with van der Waals surface area (Å²) < 4.78 is 0. The lowest BCUT2D eigenvalue weighted by Gasteiger charge is -2.55. The molecule has 3 saturated heterocycles. The van der Waals surface area contributed by atoms with Crippen molar-refractivity contribution in [2.75, 3.05) is 6.54 Å². The molecule has 5 atom stereocenters. The molecule has 5 nitrogen and oxygen atoms in total. The van der Waals surface area contributed by atoms with Crippen molar-refractivity contribution in [2.24, 2.45) is 23.7 Å². The SMILES string of the molecule is Cc1ccc(CN2CC3CC4(C(=O)NCc5ccccc5)NC(=O)C3C2C4CC(C)C)cc1. The number of amides is 2. The molecule has 1 saturated carbocycles. The van der Waals surface area contributed by atoms with Gasteiger partial charge < -0.3 is 10.6 Å². The second-order valence-electron chi connectivity index (χ2n) is 10.8. The Morgan fingerprint density at radius 1 is 1.12 bits per heavy atom. The first-order valence-corrected chi connectivity index (χ1v) is 12.3. The van der Waals surface area contributed by atoms with Crippen LogP contribution in [0.15, 0.2) is 54.6 Å². The topological polar surface area (TPSA) is 61.4 Å². The van der Waals surface area contributed by atoms with Gasteiger partial charge in [0.25, 0.3) is 0 Å². The van der Waals surface area contributed by atoms with Crippen molar-refractivity contribution in [2.45, 2.75) is 58.3 Å². The van der Waals surface area contributed by atoms with Gasteiger partial charge in [0.1, 0.15) is 5.54 Å². The lowest BCUT2D eigenvalue weighted by Crippen LogP contribution is -2.75. The summed E-state index contributed by atoms with van der Waals surface area (Å²) in [5.41, 5.74) is 2.78. The summed E-state index contributed by atoms with van der Waals surface area (Å²) in [7, 11) is 0. The largest absolute Gasteiger partial charge is 0.350 e. The highest BCUT2D eigenvalue weighted by atomic mass is 16.2. The third-order valence-corrected chi connectivity index (χ3v) is 7.98. The van der Waals surface area contributed by atoms with Crippen molar-refractivity contribution in [1.82, 2.24) is 15.5 Å². The van der Waals surface area contributed by atoms with E-state index in [0.29, 0.717) is 12.5 Å². The van der Waals surface area contributed by atoms with Gasteiger partial charge in [-0.15, -0.1) is 0 Å². The summed E-state index contributed by atoms with van der Waals surface area (Å²) in [6.07, 6.45) is 1.67. The normalized spacial score (nSPS) is 30.5. The maximum absolute atomic E-state index is 13.8. The van der Waals surface area contributed by atoms with Crippen LogP contribution in [0.1, 0.15) is 43.4 Å². The first-order valence-electron chi connectivity index (χ1n) is 12.3. The van der Waals surface area contributed by atoms with Crippen LogP contribution in [0, 0.1) is 30.6 Å². The van der Waals surface area contributed by atoms with Crippen LogP contribution in [0.4, 0.5) is 0 Å². The number of fused-ring (bicyclic) bond motifs is 1. The number of piperidine rings is 2. The number of hydrogen-bond donors (Lipinski definition) is 2.